The molecule has 1 atom stereocenters. The smallest absolute Gasteiger partial charge is 0.260 e. The van der Waals surface area contributed by atoms with Gasteiger partial charge in [0, 0.05) is 29.7 Å². The molecule has 1 heterocycles. The Bertz CT molecular complexity index is 765. The first kappa shape index (κ1) is 19.6. The van der Waals surface area contributed by atoms with E-state index in [2.05, 4.69) is 0 Å². The van der Waals surface area contributed by atoms with E-state index in [9.17, 15) is 13.6 Å². The van der Waals surface area contributed by atoms with E-state index in [0.29, 0.717) is 18.8 Å². The second kappa shape index (κ2) is 9.19. The van der Waals surface area contributed by atoms with Gasteiger partial charge in [0.1, 0.15) is 17.4 Å². The van der Waals surface area contributed by atoms with Gasteiger partial charge in [0.25, 0.3) is 5.91 Å². The quantitative estimate of drug-likeness (QED) is 0.784. The SMILES string of the molecule is O=C(COc1ccc(CO)cc1)N1CCC(SCc2c(F)cccc2F)C1. The van der Waals surface area contributed by atoms with Crippen LogP contribution >= 0.6 is 11.8 Å². The molecule has 0 saturated carbocycles. The number of carbonyl (C=O) groups is 1. The third kappa shape index (κ3) is 5.20. The van der Waals surface area contributed by atoms with Crippen LogP contribution < -0.4 is 4.74 Å². The number of aliphatic hydroxyl groups excluding tert-OH is 1. The lowest BCUT2D eigenvalue weighted by atomic mass is 10.2. The van der Waals surface area contributed by atoms with Gasteiger partial charge in [-0.1, -0.05) is 18.2 Å². The first-order chi connectivity index (χ1) is 13.1. The Morgan fingerprint density at radius 2 is 1.89 bits per heavy atom. The molecule has 1 N–H and O–H groups in total. The topological polar surface area (TPSA) is 49.8 Å². The van der Waals surface area contributed by atoms with E-state index >= 15 is 0 Å². The second-order valence-corrected chi connectivity index (χ2v) is 7.64. The van der Waals surface area contributed by atoms with E-state index in [-0.39, 0.29) is 35.7 Å². The monoisotopic (exact) mass is 393 g/mol. The number of hydrogen-bond acceptors (Lipinski definition) is 4. The molecule has 7 heteroatoms. The Labute approximate surface area is 161 Å². The van der Waals surface area contributed by atoms with Crippen molar-refractivity contribution in [3.63, 3.8) is 0 Å². The third-order valence-electron chi connectivity index (χ3n) is 4.49. The first-order valence-corrected chi connectivity index (χ1v) is 9.76. The van der Waals surface area contributed by atoms with Gasteiger partial charge in [-0.3, -0.25) is 4.79 Å². The Kier molecular flexibility index (Phi) is 6.68. The van der Waals surface area contributed by atoms with Crippen molar-refractivity contribution in [2.75, 3.05) is 19.7 Å². The number of carbonyl (C=O) groups excluding carboxylic acids is 1. The molecule has 1 unspecified atom stereocenters. The van der Waals surface area contributed by atoms with Gasteiger partial charge in [-0.25, -0.2) is 8.78 Å². The Hall–Kier alpha value is -2.12. The van der Waals surface area contributed by atoms with Gasteiger partial charge >= 0.3 is 0 Å². The number of likely N-dealkylation sites (tertiary alicyclic amines) is 1. The van der Waals surface area contributed by atoms with Crippen molar-refractivity contribution < 1.29 is 23.4 Å². The predicted octanol–water partition coefficient (Wildman–Crippen LogP) is 3.37. The molecule has 1 aliphatic heterocycles. The van der Waals surface area contributed by atoms with Crippen LogP contribution in [0, 0.1) is 11.6 Å². The van der Waals surface area contributed by atoms with E-state index in [1.807, 2.05) is 0 Å². The van der Waals surface area contributed by atoms with Crippen molar-refractivity contribution in [2.45, 2.75) is 24.0 Å². The highest BCUT2D eigenvalue weighted by Crippen LogP contribution is 2.28. The highest BCUT2D eigenvalue weighted by atomic mass is 32.2. The zero-order chi connectivity index (χ0) is 19.2. The summed E-state index contributed by atoms with van der Waals surface area (Å²) < 4.78 is 32.9. The van der Waals surface area contributed by atoms with Crippen LogP contribution in [0.5, 0.6) is 5.75 Å². The lowest BCUT2D eigenvalue weighted by Crippen LogP contribution is -2.33. The van der Waals surface area contributed by atoms with E-state index in [1.165, 1.54) is 30.0 Å². The average Bonchev–Trinajstić information content (AvgIpc) is 3.15. The summed E-state index contributed by atoms with van der Waals surface area (Å²) in [6.07, 6.45) is 0.789. The fraction of sp³-hybridized carbons (Fsp3) is 0.350. The van der Waals surface area contributed by atoms with E-state index in [1.54, 1.807) is 29.2 Å². The Morgan fingerprint density at radius 3 is 2.56 bits per heavy atom. The number of halogens is 2. The number of nitrogens with zero attached hydrogens (tertiary/aromatic N) is 1. The molecule has 2 aromatic carbocycles. The number of thioether (sulfide) groups is 1. The minimum atomic E-state index is -0.533. The highest BCUT2D eigenvalue weighted by Gasteiger charge is 2.27. The summed E-state index contributed by atoms with van der Waals surface area (Å²) in [5.41, 5.74) is 0.862. The van der Waals surface area contributed by atoms with Crippen molar-refractivity contribution in [3.05, 3.63) is 65.2 Å². The zero-order valence-corrected chi connectivity index (χ0v) is 15.6. The number of ether oxygens (including phenoxy) is 1. The number of aliphatic hydroxyl groups is 1. The molecule has 0 bridgehead atoms. The molecule has 144 valence electrons. The Morgan fingerprint density at radius 1 is 1.19 bits per heavy atom. The van der Waals surface area contributed by atoms with Crippen LogP contribution in [0.15, 0.2) is 42.5 Å². The third-order valence-corrected chi connectivity index (χ3v) is 5.80. The molecule has 1 fully saturated rings. The minimum Gasteiger partial charge on any atom is -0.484 e. The van der Waals surface area contributed by atoms with Crippen LogP contribution in [0.3, 0.4) is 0 Å². The van der Waals surface area contributed by atoms with E-state index in [0.717, 1.165) is 12.0 Å². The van der Waals surface area contributed by atoms with E-state index < -0.39 is 11.6 Å². The van der Waals surface area contributed by atoms with Crippen molar-refractivity contribution >= 4 is 17.7 Å². The largest absolute Gasteiger partial charge is 0.484 e. The van der Waals surface area contributed by atoms with Gasteiger partial charge in [-0.05, 0) is 36.2 Å². The summed E-state index contributed by atoms with van der Waals surface area (Å²) in [6, 6.07) is 10.8. The summed E-state index contributed by atoms with van der Waals surface area (Å²) in [5, 5.41) is 9.17. The van der Waals surface area contributed by atoms with Crippen molar-refractivity contribution in [1.82, 2.24) is 4.90 Å². The molecule has 2 aromatic rings. The Balaban J connectivity index is 1.45. The number of benzene rings is 2. The molecule has 0 spiro atoms. The lowest BCUT2D eigenvalue weighted by molar-refractivity contribution is -0.132. The van der Waals surface area contributed by atoms with Crippen LogP contribution in [0.1, 0.15) is 17.5 Å². The molecule has 1 amide bonds. The summed E-state index contributed by atoms with van der Waals surface area (Å²) in [7, 11) is 0. The number of rotatable bonds is 7. The maximum absolute atomic E-state index is 13.7. The summed E-state index contributed by atoms with van der Waals surface area (Å²) in [5.74, 6) is -0.357. The van der Waals surface area contributed by atoms with Crippen molar-refractivity contribution in [3.8, 4) is 5.75 Å². The number of amides is 1. The molecule has 0 radical (unpaired) electrons. The molecule has 0 aliphatic carbocycles. The van der Waals surface area contributed by atoms with Gasteiger partial charge in [0.2, 0.25) is 0 Å². The second-order valence-electron chi connectivity index (χ2n) is 6.35. The molecule has 27 heavy (non-hydrogen) atoms. The fourth-order valence-corrected chi connectivity index (χ4v) is 4.13. The molecule has 4 nitrogen and oxygen atoms in total. The normalized spacial score (nSPS) is 16.6. The van der Waals surface area contributed by atoms with Crippen LogP contribution in [-0.4, -0.2) is 40.9 Å². The fourth-order valence-electron chi connectivity index (χ4n) is 2.89. The van der Waals surface area contributed by atoms with Crippen LogP contribution in [-0.2, 0) is 17.2 Å². The maximum atomic E-state index is 13.7. The molecule has 1 saturated heterocycles. The summed E-state index contributed by atoms with van der Waals surface area (Å²) >= 11 is 1.47. The van der Waals surface area contributed by atoms with Gasteiger partial charge < -0.3 is 14.7 Å². The van der Waals surface area contributed by atoms with Gasteiger partial charge in [-0.2, -0.15) is 11.8 Å². The molecular weight excluding hydrogens is 372 g/mol. The first-order valence-electron chi connectivity index (χ1n) is 8.71. The minimum absolute atomic E-state index is 0.0389. The predicted molar refractivity (Wildman–Crippen MR) is 100 cm³/mol. The summed E-state index contributed by atoms with van der Waals surface area (Å²) in [6.45, 7) is 1.07. The van der Waals surface area contributed by atoms with Crippen molar-refractivity contribution in [2.24, 2.45) is 0 Å². The highest BCUT2D eigenvalue weighted by molar-refractivity contribution is 7.99. The standard InChI is InChI=1S/C20H21F2NO3S/c21-18-2-1-3-19(22)17(18)13-27-16-8-9-23(10-16)20(25)12-26-15-6-4-14(11-24)5-7-15/h1-7,16,24H,8-13H2. The van der Waals surface area contributed by atoms with Gasteiger partial charge in [0.15, 0.2) is 6.61 Å². The zero-order valence-electron chi connectivity index (χ0n) is 14.7. The average molecular weight is 393 g/mol. The van der Waals surface area contributed by atoms with Crippen LogP contribution in [0.2, 0.25) is 0 Å². The molecular formula is C20H21F2NO3S. The van der Waals surface area contributed by atoms with Gasteiger partial charge in [-0.15, -0.1) is 0 Å². The lowest BCUT2D eigenvalue weighted by Gasteiger charge is -2.17. The van der Waals surface area contributed by atoms with Crippen LogP contribution in [0.25, 0.3) is 0 Å². The summed E-state index contributed by atoms with van der Waals surface area (Å²) in [4.78, 5) is 14.0. The van der Waals surface area contributed by atoms with E-state index in [4.69, 9.17) is 9.84 Å². The molecule has 1 aliphatic rings. The number of hydrogen-bond donors (Lipinski definition) is 1. The van der Waals surface area contributed by atoms with Gasteiger partial charge in [0.05, 0.1) is 6.61 Å². The maximum Gasteiger partial charge on any atom is 0.260 e. The molecule has 3 rings (SSSR count). The van der Waals surface area contributed by atoms with Crippen molar-refractivity contribution in [1.29, 1.82) is 0 Å². The molecule has 0 aromatic heterocycles. The van der Waals surface area contributed by atoms with Crippen LogP contribution in [0.4, 0.5) is 8.78 Å².